The number of aromatic nitrogens is 1. The van der Waals surface area contributed by atoms with Crippen LogP contribution >= 0.6 is 35.4 Å². The second-order valence-corrected chi connectivity index (χ2v) is 8.79. The molecular formula is C24H19Cl2N3O4S. The molecule has 3 aromatic carbocycles. The minimum absolute atomic E-state index is 0.0215. The van der Waals surface area contributed by atoms with Gasteiger partial charge < -0.3 is 19.6 Å². The molecule has 10 heteroatoms. The molecule has 174 valence electrons. The van der Waals surface area contributed by atoms with Crippen molar-refractivity contribution in [3.05, 3.63) is 69.2 Å². The number of oxazole rings is 1. The Morgan fingerprint density at radius 1 is 1.12 bits per heavy atom. The summed E-state index contributed by atoms with van der Waals surface area (Å²) in [5.74, 6) is 0.00740. The quantitative estimate of drug-likeness (QED) is 0.276. The lowest BCUT2D eigenvalue weighted by atomic mass is 10.1. The number of halogens is 2. The number of nitrogens with one attached hydrogen (secondary N) is 2. The Morgan fingerprint density at radius 3 is 2.47 bits per heavy atom. The van der Waals surface area contributed by atoms with Crippen molar-refractivity contribution < 1.29 is 19.1 Å². The summed E-state index contributed by atoms with van der Waals surface area (Å²) in [5, 5.41) is 16.4. The van der Waals surface area contributed by atoms with E-state index in [1.807, 2.05) is 26.0 Å². The summed E-state index contributed by atoms with van der Waals surface area (Å²) in [5.41, 5.74) is 4.52. The number of carbonyl (C=O) groups is 1. The number of phenolic OH excluding ortho intramolecular Hbond substituents is 1. The summed E-state index contributed by atoms with van der Waals surface area (Å²) in [4.78, 5) is 17.0. The van der Waals surface area contributed by atoms with Crippen LogP contribution < -0.4 is 15.4 Å². The lowest BCUT2D eigenvalue weighted by Crippen LogP contribution is -2.34. The van der Waals surface area contributed by atoms with Gasteiger partial charge in [-0.2, -0.15) is 0 Å². The van der Waals surface area contributed by atoms with Crippen molar-refractivity contribution in [2.24, 2.45) is 0 Å². The predicted molar refractivity (Wildman–Crippen MR) is 137 cm³/mol. The first kappa shape index (κ1) is 23.8. The number of rotatable bonds is 4. The first-order valence-electron chi connectivity index (χ1n) is 10.0. The Labute approximate surface area is 210 Å². The van der Waals surface area contributed by atoms with Gasteiger partial charge in [0.2, 0.25) is 5.89 Å². The second kappa shape index (κ2) is 9.50. The number of benzene rings is 3. The van der Waals surface area contributed by atoms with Crippen molar-refractivity contribution in [1.29, 1.82) is 0 Å². The highest BCUT2D eigenvalue weighted by molar-refractivity contribution is 7.80. The van der Waals surface area contributed by atoms with E-state index in [2.05, 4.69) is 15.6 Å². The molecule has 4 rings (SSSR count). The normalized spacial score (nSPS) is 10.9. The number of phenols is 1. The molecule has 4 aromatic rings. The maximum Gasteiger partial charge on any atom is 0.257 e. The number of hydrogen-bond donors (Lipinski definition) is 3. The Morgan fingerprint density at radius 2 is 1.82 bits per heavy atom. The lowest BCUT2D eigenvalue weighted by molar-refractivity contribution is 0.0977. The van der Waals surface area contributed by atoms with Gasteiger partial charge in [0, 0.05) is 17.3 Å². The third kappa shape index (κ3) is 4.79. The number of fused-ring (bicyclic) bond motifs is 1. The topological polar surface area (TPSA) is 96.6 Å². The number of carbonyl (C=O) groups excluding carboxylic acids is 1. The van der Waals surface area contributed by atoms with Gasteiger partial charge in [0.15, 0.2) is 16.4 Å². The first-order chi connectivity index (χ1) is 16.2. The van der Waals surface area contributed by atoms with Gasteiger partial charge in [0.25, 0.3) is 5.91 Å². The number of aromatic hydroxyl groups is 1. The summed E-state index contributed by atoms with van der Waals surface area (Å²) < 4.78 is 11.0. The van der Waals surface area contributed by atoms with Crippen molar-refractivity contribution in [2.45, 2.75) is 13.8 Å². The Kier molecular flexibility index (Phi) is 6.65. The molecule has 0 bridgehead atoms. The standard InChI is InChI=1S/C24H19Cl2N3O4S/c1-11-6-12(2)20-18(7-11)28-23(33-20)15-5-4-14(10-19(15)30)27-24(34)29-22(31)13-8-16(25)21(32-3)17(26)9-13/h4-10,30H,1-3H3,(H2,27,29,31,34). The molecule has 0 atom stereocenters. The number of amides is 1. The second-order valence-electron chi connectivity index (χ2n) is 7.56. The van der Waals surface area contributed by atoms with Crippen LogP contribution in [0.15, 0.2) is 46.9 Å². The van der Waals surface area contributed by atoms with Gasteiger partial charge in [-0.25, -0.2) is 4.98 Å². The summed E-state index contributed by atoms with van der Waals surface area (Å²) >= 11 is 17.4. The number of thiocarbonyl (C=S) groups is 1. The first-order valence-corrected chi connectivity index (χ1v) is 11.2. The van der Waals surface area contributed by atoms with Gasteiger partial charge in [0.05, 0.1) is 22.7 Å². The number of ether oxygens (including phenoxy) is 1. The van der Waals surface area contributed by atoms with Gasteiger partial charge in [-0.05, 0) is 67.5 Å². The van der Waals surface area contributed by atoms with Crippen molar-refractivity contribution in [3.8, 4) is 23.0 Å². The number of nitrogens with zero attached hydrogens (tertiary/aromatic N) is 1. The van der Waals surface area contributed by atoms with Crippen LogP contribution in [-0.2, 0) is 0 Å². The molecule has 0 saturated heterocycles. The van der Waals surface area contributed by atoms with E-state index in [0.717, 1.165) is 16.6 Å². The van der Waals surface area contributed by atoms with Crippen LogP contribution in [0.2, 0.25) is 10.0 Å². The van der Waals surface area contributed by atoms with Crippen LogP contribution in [0.1, 0.15) is 21.5 Å². The zero-order chi connectivity index (χ0) is 24.6. The smallest absolute Gasteiger partial charge is 0.257 e. The molecule has 0 radical (unpaired) electrons. The fourth-order valence-corrected chi connectivity index (χ4v) is 4.36. The highest BCUT2D eigenvalue weighted by Crippen LogP contribution is 2.35. The highest BCUT2D eigenvalue weighted by atomic mass is 35.5. The summed E-state index contributed by atoms with van der Waals surface area (Å²) in [6.45, 7) is 3.93. The SMILES string of the molecule is COc1c(Cl)cc(C(=O)NC(=S)Nc2ccc(-c3nc4cc(C)cc(C)c4o3)c(O)c2)cc1Cl. The van der Waals surface area contributed by atoms with Crippen molar-refractivity contribution in [1.82, 2.24) is 10.3 Å². The van der Waals surface area contributed by atoms with Gasteiger partial charge >= 0.3 is 0 Å². The van der Waals surface area contributed by atoms with Gasteiger partial charge in [-0.1, -0.05) is 29.3 Å². The van der Waals surface area contributed by atoms with Crippen molar-refractivity contribution in [2.75, 3.05) is 12.4 Å². The van der Waals surface area contributed by atoms with E-state index in [0.29, 0.717) is 22.7 Å². The maximum absolute atomic E-state index is 12.5. The Balaban J connectivity index is 1.49. The molecule has 3 N–H and O–H groups in total. The fourth-order valence-electron chi connectivity index (χ4n) is 3.51. The number of aryl methyl sites for hydroxylation is 2. The van der Waals surface area contributed by atoms with Crippen LogP contribution in [0.25, 0.3) is 22.6 Å². The summed E-state index contributed by atoms with van der Waals surface area (Å²) in [6, 6.07) is 11.6. The molecule has 0 unspecified atom stereocenters. The third-order valence-electron chi connectivity index (χ3n) is 5.00. The van der Waals surface area contributed by atoms with Crippen LogP contribution in [-0.4, -0.2) is 28.2 Å². The van der Waals surface area contributed by atoms with Gasteiger partial charge in [-0.3, -0.25) is 10.1 Å². The van der Waals surface area contributed by atoms with Gasteiger partial charge in [0.1, 0.15) is 11.3 Å². The van der Waals surface area contributed by atoms with Crippen molar-refractivity contribution in [3.63, 3.8) is 0 Å². The zero-order valence-electron chi connectivity index (χ0n) is 18.3. The fraction of sp³-hybridized carbons (Fsp3) is 0.125. The minimum atomic E-state index is -0.512. The number of anilines is 1. The number of methoxy groups -OCH3 is 1. The molecule has 0 aliphatic rings. The Hall–Kier alpha value is -3.33. The van der Waals surface area contributed by atoms with E-state index < -0.39 is 5.91 Å². The minimum Gasteiger partial charge on any atom is -0.507 e. The molecule has 1 aromatic heterocycles. The average molecular weight is 516 g/mol. The molecule has 7 nitrogen and oxygen atoms in total. The molecule has 1 amide bonds. The van der Waals surface area contributed by atoms with E-state index in [9.17, 15) is 9.90 Å². The van der Waals surface area contributed by atoms with Crippen LogP contribution in [0, 0.1) is 13.8 Å². The molecular weight excluding hydrogens is 497 g/mol. The van der Waals surface area contributed by atoms with E-state index in [1.54, 1.807) is 12.1 Å². The van der Waals surface area contributed by atoms with E-state index in [1.165, 1.54) is 25.3 Å². The summed E-state index contributed by atoms with van der Waals surface area (Å²) in [6.07, 6.45) is 0. The molecule has 0 aliphatic carbocycles. The summed E-state index contributed by atoms with van der Waals surface area (Å²) in [7, 11) is 1.43. The monoisotopic (exact) mass is 515 g/mol. The van der Waals surface area contributed by atoms with Crippen LogP contribution in [0.5, 0.6) is 11.5 Å². The molecule has 1 heterocycles. The van der Waals surface area contributed by atoms with Gasteiger partial charge in [-0.15, -0.1) is 0 Å². The van der Waals surface area contributed by atoms with Crippen LogP contribution in [0.3, 0.4) is 0 Å². The molecule has 0 fully saturated rings. The molecule has 0 spiro atoms. The average Bonchev–Trinajstić information content (AvgIpc) is 3.17. The zero-order valence-corrected chi connectivity index (χ0v) is 20.7. The van der Waals surface area contributed by atoms with E-state index >= 15 is 0 Å². The van der Waals surface area contributed by atoms with Crippen molar-refractivity contribution >= 4 is 63.2 Å². The Bertz CT molecular complexity index is 1430. The largest absolute Gasteiger partial charge is 0.507 e. The van der Waals surface area contributed by atoms with Crippen LogP contribution in [0.4, 0.5) is 5.69 Å². The molecule has 0 aliphatic heterocycles. The highest BCUT2D eigenvalue weighted by Gasteiger charge is 2.17. The molecule has 34 heavy (non-hydrogen) atoms. The van der Waals surface area contributed by atoms with E-state index in [-0.39, 0.29) is 32.2 Å². The molecule has 0 saturated carbocycles. The lowest BCUT2D eigenvalue weighted by Gasteiger charge is -2.12. The maximum atomic E-state index is 12.5. The third-order valence-corrected chi connectivity index (χ3v) is 5.76. The van der Waals surface area contributed by atoms with E-state index in [4.69, 9.17) is 44.6 Å². The predicted octanol–water partition coefficient (Wildman–Crippen LogP) is 6.26. The number of hydrogen-bond acceptors (Lipinski definition) is 6.